The molecule has 0 fully saturated rings. The van der Waals surface area contributed by atoms with Crippen molar-refractivity contribution in [1.82, 2.24) is 0 Å². The first kappa shape index (κ1) is 18.9. The molecule has 0 aliphatic rings. The Labute approximate surface area is 163 Å². The lowest BCUT2D eigenvalue weighted by Crippen LogP contribution is -2.13. The number of thiophene rings is 1. The van der Waals surface area contributed by atoms with Crippen LogP contribution < -0.4 is 10.6 Å². The van der Waals surface area contributed by atoms with Crippen LogP contribution in [-0.4, -0.2) is 11.7 Å². The van der Waals surface area contributed by atoms with Gasteiger partial charge in [-0.25, -0.2) is 0 Å². The van der Waals surface area contributed by atoms with E-state index >= 15 is 0 Å². The minimum atomic E-state index is -0.156. The number of rotatable bonds is 7. The van der Waals surface area contributed by atoms with Crippen molar-refractivity contribution < 1.29 is 9.59 Å². The SMILES string of the molecule is Cc1cc(C(=O)CCC(=O)Nc2ccc(Nc3ccccc3)cc2)c(C)s1. The predicted molar refractivity (Wildman–Crippen MR) is 112 cm³/mol. The number of Topliss-reactive ketones (excluding diaryl/α,β-unsaturated/α-hetero) is 1. The maximum absolute atomic E-state index is 12.3. The lowest BCUT2D eigenvalue weighted by Gasteiger charge is -2.08. The molecule has 4 nitrogen and oxygen atoms in total. The van der Waals surface area contributed by atoms with Gasteiger partial charge in [0, 0.05) is 45.2 Å². The second-order valence-corrected chi connectivity index (χ2v) is 7.83. The zero-order chi connectivity index (χ0) is 19.2. The van der Waals surface area contributed by atoms with E-state index in [4.69, 9.17) is 0 Å². The van der Waals surface area contributed by atoms with E-state index in [2.05, 4.69) is 10.6 Å². The molecule has 2 N–H and O–H groups in total. The first-order valence-corrected chi connectivity index (χ1v) is 9.65. The van der Waals surface area contributed by atoms with E-state index in [-0.39, 0.29) is 24.5 Å². The number of nitrogens with one attached hydrogen (secondary N) is 2. The summed E-state index contributed by atoms with van der Waals surface area (Å²) in [4.78, 5) is 26.5. The van der Waals surface area contributed by atoms with Crippen molar-refractivity contribution in [2.24, 2.45) is 0 Å². The average Bonchev–Trinajstić information content (AvgIpc) is 3.00. The van der Waals surface area contributed by atoms with Crippen molar-refractivity contribution in [3.05, 3.63) is 76.0 Å². The number of benzene rings is 2. The standard InChI is InChI=1S/C22H22N2O2S/c1-15-14-20(16(2)27-15)21(25)12-13-22(26)24-19-10-8-18(9-11-19)23-17-6-4-3-5-7-17/h3-11,14,23H,12-13H2,1-2H3,(H,24,26). The van der Waals surface area contributed by atoms with Gasteiger partial charge in [-0.2, -0.15) is 0 Å². The Morgan fingerprint density at radius 3 is 2.11 bits per heavy atom. The summed E-state index contributed by atoms with van der Waals surface area (Å²) in [7, 11) is 0. The van der Waals surface area contributed by atoms with Gasteiger partial charge >= 0.3 is 0 Å². The van der Waals surface area contributed by atoms with Crippen LogP contribution in [0, 0.1) is 13.8 Å². The maximum atomic E-state index is 12.3. The quantitative estimate of drug-likeness (QED) is 0.518. The molecule has 2 aromatic carbocycles. The summed E-state index contributed by atoms with van der Waals surface area (Å²) in [6.07, 6.45) is 0.397. The molecule has 0 saturated heterocycles. The van der Waals surface area contributed by atoms with Gasteiger partial charge in [-0.1, -0.05) is 18.2 Å². The Bertz CT molecular complexity index is 931. The second kappa shape index (κ2) is 8.64. The molecular formula is C22H22N2O2S. The largest absolute Gasteiger partial charge is 0.356 e. The highest BCUT2D eigenvalue weighted by atomic mass is 32.1. The summed E-state index contributed by atoms with van der Waals surface area (Å²) in [6, 6.07) is 19.3. The van der Waals surface area contributed by atoms with Gasteiger partial charge in [-0.15, -0.1) is 11.3 Å². The number of carbonyl (C=O) groups is 2. The summed E-state index contributed by atoms with van der Waals surface area (Å²) < 4.78 is 0. The molecule has 1 amide bonds. The molecule has 3 rings (SSSR count). The molecule has 5 heteroatoms. The summed E-state index contributed by atoms with van der Waals surface area (Å²) >= 11 is 1.61. The number of aryl methyl sites for hydroxylation is 2. The number of amides is 1. The third-order valence-corrected chi connectivity index (χ3v) is 5.12. The van der Waals surface area contributed by atoms with E-state index < -0.39 is 0 Å². The minimum absolute atomic E-state index is 0.0226. The van der Waals surface area contributed by atoms with Gasteiger partial charge in [-0.3, -0.25) is 9.59 Å². The van der Waals surface area contributed by atoms with E-state index in [1.54, 1.807) is 11.3 Å². The van der Waals surface area contributed by atoms with Crippen LogP contribution in [0.25, 0.3) is 0 Å². The molecule has 27 heavy (non-hydrogen) atoms. The van der Waals surface area contributed by atoms with Gasteiger partial charge in [-0.05, 0) is 56.3 Å². The molecule has 3 aromatic rings. The van der Waals surface area contributed by atoms with Crippen molar-refractivity contribution in [1.29, 1.82) is 0 Å². The minimum Gasteiger partial charge on any atom is -0.356 e. The maximum Gasteiger partial charge on any atom is 0.224 e. The summed E-state index contributed by atoms with van der Waals surface area (Å²) in [5.41, 5.74) is 3.40. The van der Waals surface area contributed by atoms with Gasteiger partial charge < -0.3 is 10.6 Å². The first-order chi connectivity index (χ1) is 13.0. The predicted octanol–water partition coefficient (Wildman–Crippen LogP) is 5.71. The van der Waals surface area contributed by atoms with Crippen LogP contribution in [0.2, 0.25) is 0 Å². The van der Waals surface area contributed by atoms with E-state index in [0.717, 1.165) is 26.7 Å². The van der Waals surface area contributed by atoms with Gasteiger partial charge in [0.2, 0.25) is 5.91 Å². The molecular weight excluding hydrogens is 356 g/mol. The highest BCUT2D eigenvalue weighted by Gasteiger charge is 2.13. The van der Waals surface area contributed by atoms with E-state index in [1.807, 2.05) is 74.5 Å². The van der Waals surface area contributed by atoms with E-state index in [1.165, 1.54) is 0 Å². The van der Waals surface area contributed by atoms with Crippen LogP contribution >= 0.6 is 11.3 Å². The third kappa shape index (κ3) is 5.28. The Morgan fingerprint density at radius 2 is 1.48 bits per heavy atom. The highest BCUT2D eigenvalue weighted by molar-refractivity contribution is 7.12. The molecule has 1 aromatic heterocycles. The normalized spacial score (nSPS) is 10.4. The lowest BCUT2D eigenvalue weighted by molar-refractivity contribution is -0.116. The molecule has 1 heterocycles. The molecule has 0 bridgehead atoms. The summed E-state index contributed by atoms with van der Waals surface area (Å²) in [5.74, 6) is -0.133. The van der Waals surface area contributed by atoms with Gasteiger partial charge in [0.05, 0.1) is 0 Å². The Hall–Kier alpha value is -2.92. The summed E-state index contributed by atoms with van der Waals surface area (Å²) in [6.45, 7) is 3.92. The van der Waals surface area contributed by atoms with Crippen molar-refractivity contribution in [2.75, 3.05) is 10.6 Å². The highest BCUT2D eigenvalue weighted by Crippen LogP contribution is 2.23. The van der Waals surface area contributed by atoms with Gasteiger partial charge in [0.25, 0.3) is 0 Å². The van der Waals surface area contributed by atoms with Crippen LogP contribution in [0.5, 0.6) is 0 Å². The van der Waals surface area contributed by atoms with E-state index in [9.17, 15) is 9.59 Å². The Kier molecular flexibility index (Phi) is 6.04. The van der Waals surface area contributed by atoms with Crippen molar-refractivity contribution >= 4 is 40.1 Å². The van der Waals surface area contributed by atoms with Crippen LogP contribution in [-0.2, 0) is 4.79 Å². The Balaban J connectivity index is 1.50. The Morgan fingerprint density at radius 1 is 0.852 bits per heavy atom. The number of ketones is 1. The zero-order valence-electron chi connectivity index (χ0n) is 15.4. The lowest BCUT2D eigenvalue weighted by atomic mass is 10.1. The van der Waals surface area contributed by atoms with Crippen LogP contribution in [0.15, 0.2) is 60.7 Å². The van der Waals surface area contributed by atoms with E-state index in [0.29, 0.717) is 5.69 Å². The van der Waals surface area contributed by atoms with Crippen molar-refractivity contribution in [3.63, 3.8) is 0 Å². The molecule has 138 valence electrons. The van der Waals surface area contributed by atoms with Gasteiger partial charge in [0.15, 0.2) is 5.78 Å². The molecule has 0 atom stereocenters. The smallest absolute Gasteiger partial charge is 0.224 e. The number of hydrogen-bond acceptors (Lipinski definition) is 4. The van der Waals surface area contributed by atoms with Crippen molar-refractivity contribution in [2.45, 2.75) is 26.7 Å². The molecule has 0 aliphatic carbocycles. The van der Waals surface area contributed by atoms with Crippen LogP contribution in [0.3, 0.4) is 0 Å². The number of hydrogen-bond donors (Lipinski definition) is 2. The second-order valence-electron chi connectivity index (χ2n) is 6.37. The molecule has 0 saturated carbocycles. The van der Waals surface area contributed by atoms with Gasteiger partial charge in [0.1, 0.15) is 0 Å². The molecule has 0 unspecified atom stereocenters. The zero-order valence-corrected chi connectivity index (χ0v) is 16.2. The first-order valence-electron chi connectivity index (χ1n) is 8.83. The number of carbonyl (C=O) groups excluding carboxylic acids is 2. The van der Waals surface area contributed by atoms with Crippen LogP contribution in [0.1, 0.15) is 33.0 Å². The molecule has 0 spiro atoms. The van der Waals surface area contributed by atoms with Crippen LogP contribution in [0.4, 0.5) is 17.1 Å². The fraction of sp³-hybridized carbons (Fsp3) is 0.182. The fourth-order valence-electron chi connectivity index (χ4n) is 2.82. The number of para-hydroxylation sites is 1. The fourth-order valence-corrected chi connectivity index (χ4v) is 3.76. The number of anilines is 3. The topological polar surface area (TPSA) is 58.2 Å². The summed E-state index contributed by atoms with van der Waals surface area (Å²) in [5, 5.41) is 6.14. The average molecular weight is 378 g/mol. The molecule has 0 radical (unpaired) electrons. The monoisotopic (exact) mass is 378 g/mol. The molecule has 0 aliphatic heterocycles. The third-order valence-electron chi connectivity index (χ3n) is 4.15. The van der Waals surface area contributed by atoms with Crippen molar-refractivity contribution in [3.8, 4) is 0 Å².